The molecule has 0 aromatic heterocycles. The molecule has 0 radical (unpaired) electrons. The van der Waals surface area contributed by atoms with Crippen LogP contribution in [0.2, 0.25) is 0 Å². The van der Waals surface area contributed by atoms with E-state index in [1.807, 2.05) is 0 Å². The lowest BCUT2D eigenvalue weighted by atomic mass is 10.1. The van der Waals surface area contributed by atoms with Crippen LogP contribution in [-0.2, 0) is 0 Å². The van der Waals surface area contributed by atoms with Gasteiger partial charge in [-0.25, -0.2) is 0 Å². The van der Waals surface area contributed by atoms with Gasteiger partial charge < -0.3 is 10.4 Å². The van der Waals surface area contributed by atoms with E-state index in [4.69, 9.17) is 0 Å². The second-order valence-corrected chi connectivity index (χ2v) is 6.80. The number of aromatic hydroxyl groups is 1. The molecule has 0 aliphatic heterocycles. The number of carbonyl (C=O) groups excluding carboxylic acids is 1. The second-order valence-electron chi connectivity index (χ2n) is 4.65. The molecule has 2 atom stereocenters. The Morgan fingerprint density at radius 3 is 2.83 bits per heavy atom. The Hall–Kier alpha value is -0.550. The van der Waals surface area contributed by atoms with E-state index in [0.29, 0.717) is 27.3 Å². The molecule has 2 unspecified atom stereocenters. The molecule has 1 aliphatic rings. The SMILES string of the molecule is O=C(NCC1CCC(Br)C1)c1ccc(Br)c(O)c1. The monoisotopic (exact) mass is 375 g/mol. The molecular weight excluding hydrogens is 362 g/mol. The first kappa shape index (κ1) is 13.9. The summed E-state index contributed by atoms with van der Waals surface area (Å²) in [7, 11) is 0. The van der Waals surface area contributed by atoms with E-state index in [-0.39, 0.29) is 11.7 Å². The van der Waals surface area contributed by atoms with Gasteiger partial charge in [-0.2, -0.15) is 0 Å². The van der Waals surface area contributed by atoms with Gasteiger partial charge in [0.05, 0.1) is 4.47 Å². The molecule has 3 nitrogen and oxygen atoms in total. The van der Waals surface area contributed by atoms with Crippen molar-refractivity contribution in [2.75, 3.05) is 6.54 Å². The predicted molar refractivity (Wildman–Crippen MR) is 78.2 cm³/mol. The summed E-state index contributed by atoms with van der Waals surface area (Å²) < 4.78 is 0.594. The maximum absolute atomic E-state index is 11.9. The van der Waals surface area contributed by atoms with Crippen molar-refractivity contribution in [3.8, 4) is 5.75 Å². The van der Waals surface area contributed by atoms with Gasteiger partial charge in [-0.1, -0.05) is 15.9 Å². The van der Waals surface area contributed by atoms with Gasteiger partial charge in [0, 0.05) is 16.9 Å². The van der Waals surface area contributed by atoms with Crippen molar-refractivity contribution in [3.63, 3.8) is 0 Å². The number of phenolic OH excluding ortho intramolecular Hbond substituents is 1. The first-order chi connectivity index (χ1) is 8.56. The molecule has 0 saturated heterocycles. The van der Waals surface area contributed by atoms with E-state index in [0.717, 1.165) is 12.8 Å². The first-order valence-electron chi connectivity index (χ1n) is 5.97. The lowest BCUT2D eigenvalue weighted by Crippen LogP contribution is -2.28. The van der Waals surface area contributed by atoms with Crippen LogP contribution < -0.4 is 5.32 Å². The van der Waals surface area contributed by atoms with E-state index >= 15 is 0 Å². The predicted octanol–water partition coefficient (Wildman–Crippen LogP) is 3.45. The zero-order chi connectivity index (χ0) is 13.1. The van der Waals surface area contributed by atoms with Gasteiger partial charge >= 0.3 is 0 Å². The van der Waals surface area contributed by atoms with Crippen molar-refractivity contribution in [1.82, 2.24) is 5.32 Å². The minimum absolute atomic E-state index is 0.0871. The zero-order valence-electron chi connectivity index (χ0n) is 9.83. The number of benzene rings is 1. The zero-order valence-corrected chi connectivity index (χ0v) is 13.0. The maximum Gasteiger partial charge on any atom is 0.251 e. The molecule has 0 spiro atoms. The number of carbonyl (C=O) groups is 1. The average molecular weight is 377 g/mol. The molecule has 1 amide bonds. The summed E-state index contributed by atoms with van der Waals surface area (Å²) >= 11 is 6.79. The summed E-state index contributed by atoms with van der Waals surface area (Å²) in [6.07, 6.45) is 3.45. The fourth-order valence-corrected chi connectivity index (χ4v) is 3.23. The summed E-state index contributed by atoms with van der Waals surface area (Å²) in [6.45, 7) is 0.706. The van der Waals surface area contributed by atoms with Gasteiger partial charge in [0.1, 0.15) is 5.75 Å². The van der Waals surface area contributed by atoms with Gasteiger partial charge in [-0.3, -0.25) is 4.79 Å². The summed E-state index contributed by atoms with van der Waals surface area (Å²) in [5, 5.41) is 12.5. The quantitative estimate of drug-likeness (QED) is 0.793. The molecule has 1 aromatic carbocycles. The van der Waals surface area contributed by atoms with Gasteiger partial charge in [0.25, 0.3) is 5.91 Å². The molecule has 98 valence electrons. The molecule has 1 aliphatic carbocycles. The highest BCUT2D eigenvalue weighted by Crippen LogP contribution is 2.30. The number of phenols is 1. The fraction of sp³-hybridized carbons (Fsp3) is 0.462. The number of rotatable bonds is 3. The number of nitrogens with one attached hydrogen (secondary N) is 1. The van der Waals surface area contributed by atoms with Crippen LogP contribution in [0, 0.1) is 5.92 Å². The average Bonchev–Trinajstić information content (AvgIpc) is 2.75. The Bertz CT molecular complexity index is 451. The van der Waals surface area contributed by atoms with Crippen LogP contribution in [0.15, 0.2) is 22.7 Å². The molecule has 5 heteroatoms. The smallest absolute Gasteiger partial charge is 0.251 e. The minimum atomic E-state index is -0.129. The van der Waals surface area contributed by atoms with Gasteiger partial charge in [-0.05, 0) is 59.3 Å². The third-order valence-electron chi connectivity index (χ3n) is 3.24. The van der Waals surface area contributed by atoms with Crippen LogP contribution in [-0.4, -0.2) is 22.4 Å². The van der Waals surface area contributed by atoms with Crippen molar-refractivity contribution < 1.29 is 9.90 Å². The van der Waals surface area contributed by atoms with Crippen LogP contribution >= 0.6 is 31.9 Å². The highest BCUT2D eigenvalue weighted by molar-refractivity contribution is 9.10. The van der Waals surface area contributed by atoms with E-state index in [1.165, 1.54) is 12.5 Å². The topological polar surface area (TPSA) is 49.3 Å². The molecule has 2 N–H and O–H groups in total. The molecule has 18 heavy (non-hydrogen) atoms. The van der Waals surface area contributed by atoms with E-state index in [1.54, 1.807) is 12.1 Å². The Morgan fingerprint density at radius 1 is 1.44 bits per heavy atom. The molecule has 0 heterocycles. The molecule has 0 bridgehead atoms. The van der Waals surface area contributed by atoms with Crippen LogP contribution in [0.4, 0.5) is 0 Å². The maximum atomic E-state index is 11.9. The first-order valence-corrected chi connectivity index (χ1v) is 7.68. The van der Waals surface area contributed by atoms with Crippen molar-refractivity contribution in [3.05, 3.63) is 28.2 Å². The normalized spacial score (nSPS) is 23.0. The number of hydrogen-bond donors (Lipinski definition) is 2. The van der Waals surface area contributed by atoms with Crippen LogP contribution in [0.5, 0.6) is 5.75 Å². The van der Waals surface area contributed by atoms with Gasteiger partial charge in [-0.15, -0.1) is 0 Å². The summed E-state index contributed by atoms with van der Waals surface area (Å²) in [4.78, 5) is 12.5. The number of amides is 1. The Balaban J connectivity index is 1.89. The number of alkyl halides is 1. The Kier molecular flexibility index (Phi) is 4.67. The third kappa shape index (κ3) is 3.48. The summed E-state index contributed by atoms with van der Waals surface area (Å²) in [5.41, 5.74) is 0.490. The highest BCUT2D eigenvalue weighted by atomic mass is 79.9. The van der Waals surface area contributed by atoms with Crippen LogP contribution in [0.25, 0.3) is 0 Å². The largest absolute Gasteiger partial charge is 0.507 e. The fourth-order valence-electron chi connectivity index (χ4n) is 2.19. The standard InChI is InChI=1S/C13H15Br2NO2/c14-10-3-1-8(5-10)7-16-13(18)9-2-4-11(15)12(17)6-9/h2,4,6,8,10,17H,1,3,5,7H2,(H,16,18). The highest BCUT2D eigenvalue weighted by Gasteiger charge is 2.22. The minimum Gasteiger partial charge on any atom is -0.507 e. The summed E-state index contributed by atoms with van der Waals surface area (Å²) in [5.74, 6) is 0.516. The van der Waals surface area contributed by atoms with Gasteiger partial charge in [0.2, 0.25) is 0 Å². The Morgan fingerprint density at radius 2 is 2.22 bits per heavy atom. The Labute approximate surface area is 123 Å². The molecule has 1 saturated carbocycles. The van der Waals surface area contributed by atoms with Crippen molar-refractivity contribution in [2.45, 2.75) is 24.1 Å². The van der Waals surface area contributed by atoms with Crippen LogP contribution in [0.1, 0.15) is 29.6 Å². The van der Waals surface area contributed by atoms with Crippen LogP contribution in [0.3, 0.4) is 0 Å². The lowest BCUT2D eigenvalue weighted by Gasteiger charge is -2.11. The molecular formula is C13H15Br2NO2. The number of hydrogen-bond acceptors (Lipinski definition) is 2. The van der Waals surface area contributed by atoms with E-state index in [2.05, 4.69) is 37.2 Å². The van der Waals surface area contributed by atoms with Crippen molar-refractivity contribution in [2.24, 2.45) is 5.92 Å². The van der Waals surface area contributed by atoms with E-state index in [9.17, 15) is 9.90 Å². The molecule has 1 aromatic rings. The molecule has 2 rings (SSSR count). The molecule has 1 fully saturated rings. The van der Waals surface area contributed by atoms with Crippen molar-refractivity contribution in [1.29, 1.82) is 0 Å². The lowest BCUT2D eigenvalue weighted by molar-refractivity contribution is 0.0947. The van der Waals surface area contributed by atoms with Crippen molar-refractivity contribution >= 4 is 37.8 Å². The summed E-state index contributed by atoms with van der Waals surface area (Å²) in [6, 6.07) is 4.84. The number of halogens is 2. The second kappa shape index (κ2) is 6.06. The van der Waals surface area contributed by atoms with E-state index < -0.39 is 0 Å². The van der Waals surface area contributed by atoms with Gasteiger partial charge in [0.15, 0.2) is 0 Å². The third-order valence-corrected chi connectivity index (χ3v) is 4.74.